The van der Waals surface area contributed by atoms with Crippen molar-refractivity contribution in [1.82, 2.24) is 5.32 Å². The van der Waals surface area contributed by atoms with Crippen LogP contribution in [-0.2, 0) is 0 Å². The fourth-order valence-corrected chi connectivity index (χ4v) is 2.36. The highest BCUT2D eigenvalue weighted by Crippen LogP contribution is 2.18. The lowest BCUT2D eigenvalue weighted by Crippen LogP contribution is -2.31. The second-order valence-corrected chi connectivity index (χ2v) is 4.38. The van der Waals surface area contributed by atoms with E-state index >= 15 is 0 Å². The maximum atomic E-state index is 11.6. The first-order valence-corrected chi connectivity index (χ1v) is 5.58. The molecule has 0 saturated heterocycles. The molecular formula is C10H13NOS. The Morgan fingerprint density at radius 2 is 2.23 bits per heavy atom. The summed E-state index contributed by atoms with van der Waals surface area (Å²) < 4.78 is 0. The quantitative estimate of drug-likeness (QED) is 0.771. The Morgan fingerprint density at radius 1 is 1.46 bits per heavy atom. The molecule has 1 aliphatic rings. The maximum Gasteiger partial charge on any atom is 0.261 e. The van der Waals surface area contributed by atoms with Crippen LogP contribution in [0.5, 0.6) is 0 Å². The summed E-state index contributed by atoms with van der Waals surface area (Å²) in [6.45, 7) is 0. The highest BCUT2D eigenvalue weighted by molar-refractivity contribution is 7.12. The number of amides is 1. The van der Waals surface area contributed by atoms with Gasteiger partial charge in [0.15, 0.2) is 0 Å². The highest BCUT2D eigenvalue weighted by Gasteiger charge is 2.17. The van der Waals surface area contributed by atoms with Crippen LogP contribution < -0.4 is 5.32 Å². The van der Waals surface area contributed by atoms with Crippen molar-refractivity contribution in [3.8, 4) is 0 Å². The molecule has 0 aliphatic heterocycles. The van der Waals surface area contributed by atoms with Crippen LogP contribution in [0.2, 0.25) is 0 Å². The number of rotatable bonds is 2. The summed E-state index contributed by atoms with van der Waals surface area (Å²) in [4.78, 5) is 12.4. The molecule has 1 N–H and O–H groups in total. The predicted octanol–water partition coefficient (Wildman–Crippen LogP) is 2.42. The maximum absolute atomic E-state index is 11.6. The molecule has 0 unspecified atom stereocenters. The van der Waals surface area contributed by atoms with E-state index < -0.39 is 0 Å². The molecule has 1 aliphatic carbocycles. The average Bonchev–Trinajstić information content (AvgIpc) is 2.74. The van der Waals surface area contributed by atoms with Crippen molar-refractivity contribution in [1.29, 1.82) is 0 Å². The Morgan fingerprint density at radius 3 is 2.85 bits per heavy atom. The molecule has 0 radical (unpaired) electrons. The van der Waals surface area contributed by atoms with E-state index in [4.69, 9.17) is 0 Å². The van der Waals surface area contributed by atoms with Gasteiger partial charge in [0.1, 0.15) is 0 Å². The van der Waals surface area contributed by atoms with Gasteiger partial charge >= 0.3 is 0 Å². The number of nitrogens with one attached hydrogen (secondary N) is 1. The van der Waals surface area contributed by atoms with Gasteiger partial charge in [-0.3, -0.25) is 4.79 Å². The molecule has 0 spiro atoms. The summed E-state index contributed by atoms with van der Waals surface area (Å²) in [7, 11) is 0. The van der Waals surface area contributed by atoms with Gasteiger partial charge in [0.2, 0.25) is 0 Å². The largest absolute Gasteiger partial charge is 0.349 e. The van der Waals surface area contributed by atoms with Crippen LogP contribution in [-0.4, -0.2) is 11.9 Å². The molecule has 0 atom stereocenters. The summed E-state index contributed by atoms with van der Waals surface area (Å²) in [5.41, 5.74) is 0. The third-order valence-electron chi connectivity index (χ3n) is 2.44. The van der Waals surface area contributed by atoms with Gasteiger partial charge in [-0.15, -0.1) is 11.3 Å². The summed E-state index contributed by atoms with van der Waals surface area (Å²) in [6.07, 6.45) is 4.82. The molecule has 3 heteroatoms. The molecule has 1 aromatic rings. The second-order valence-electron chi connectivity index (χ2n) is 3.43. The fourth-order valence-electron chi connectivity index (χ4n) is 1.73. The summed E-state index contributed by atoms with van der Waals surface area (Å²) in [5, 5.41) is 4.99. The van der Waals surface area contributed by atoms with E-state index in [-0.39, 0.29) is 5.91 Å². The minimum Gasteiger partial charge on any atom is -0.349 e. The Hall–Kier alpha value is -0.830. The van der Waals surface area contributed by atoms with E-state index in [0.29, 0.717) is 6.04 Å². The normalized spacial score (nSPS) is 17.5. The van der Waals surface area contributed by atoms with E-state index in [0.717, 1.165) is 17.7 Å². The third kappa shape index (κ3) is 2.10. The van der Waals surface area contributed by atoms with Crippen molar-refractivity contribution in [2.24, 2.45) is 0 Å². The Kier molecular flexibility index (Phi) is 2.64. The number of hydrogen-bond acceptors (Lipinski definition) is 2. The predicted molar refractivity (Wildman–Crippen MR) is 54.0 cm³/mol. The van der Waals surface area contributed by atoms with Gasteiger partial charge in [-0.1, -0.05) is 18.9 Å². The molecular weight excluding hydrogens is 182 g/mol. The van der Waals surface area contributed by atoms with E-state index in [1.54, 1.807) is 0 Å². The second kappa shape index (κ2) is 3.92. The Balaban J connectivity index is 1.91. The van der Waals surface area contributed by atoms with Gasteiger partial charge in [-0.05, 0) is 24.3 Å². The number of carbonyl (C=O) groups excluding carboxylic acids is 1. The highest BCUT2D eigenvalue weighted by atomic mass is 32.1. The van der Waals surface area contributed by atoms with Crippen molar-refractivity contribution in [2.45, 2.75) is 31.7 Å². The standard InChI is InChI=1S/C10H13NOS/c12-10(9-6-3-7-13-9)11-8-4-1-2-5-8/h3,6-8H,1-2,4-5H2,(H,11,12). The van der Waals surface area contributed by atoms with Crippen molar-refractivity contribution in [2.75, 3.05) is 0 Å². The van der Waals surface area contributed by atoms with Gasteiger partial charge in [-0.2, -0.15) is 0 Å². The molecule has 1 amide bonds. The smallest absolute Gasteiger partial charge is 0.261 e. The first kappa shape index (κ1) is 8.75. The zero-order chi connectivity index (χ0) is 9.10. The van der Waals surface area contributed by atoms with Crippen molar-refractivity contribution in [3.05, 3.63) is 22.4 Å². The molecule has 13 heavy (non-hydrogen) atoms. The summed E-state index contributed by atoms with van der Waals surface area (Å²) in [5.74, 6) is 0.0990. The van der Waals surface area contributed by atoms with E-state index in [1.807, 2.05) is 17.5 Å². The SMILES string of the molecule is O=C(NC1CCCC1)c1cccs1. The molecule has 1 aromatic heterocycles. The number of carbonyl (C=O) groups is 1. The van der Waals surface area contributed by atoms with Crippen LogP contribution in [0, 0.1) is 0 Å². The van der Waals surface area contributed by atoms with Crippen molar-refractivity contribution < 1.29 is 4.79 Å². The van der Waals surface area contributed by atoms with Crippen LogP contribution in [0.1, 0.15) is 35.4 Å². The van der Waals surface area contributed by atoms with Crippen molar-refractivity contribution >= 4 is 17.2 Å². The molecule has 1 fully saturated rings. The summed E-state index contributed by atoms with van der Waals surface area (Å²) in [6, 6.07) is 4.21. The molecule has 0 bridgehead atoms. The van der Waals surface area contributed by atoms with E-state index in [2.05, 4.69) is 5.32 Å². The summed E-state index contributed by atoms with van der Waals surface area (Å²) >= 11 is 1.50. The van der Waals surface area contributed by atoms with Crippen LogP contribution in [0.4, 0.5) is 0 Å². The van der Waals surface area contributed by atoms with Crippen LogP contribution in [0.25, 0.3) is 0 Å². The van der Waals surface area contributed by atoms with Gasteiger partial charge in [0.25, 0.3) is 5.91 Å². The molecule has 2 rings (SSSR count). The molecule has 1 heterocycles. The van der Waals surface area contributed by atoms with E-state index in [1.165, 1.54) is 24.2 Å². The fraction of sp³-hybridized carbons (Fsp3) is 0.500. The molecule has 2 nitrogen and oxygen atoms in total. The van der Waals surface area contributed by atoms with Gasteiger partial charge in [0.05, 0.1) is 4.88 Å². The molecule has 1 saturated carbocycles. The van der Waals surface area contributed by atoms with Crippen LogP contribution in [0.15, 0.2) is 17.5 Å². The van der Waals surface area contributed by atoms with Gasteiger partial charge in [-0.25, -0.2) is 0 Å². The first-order valence-electron chi connectivity index (χ1n) is 4.70. The van der Waals surface area contributed by atoms with Gasteiger partial charge in [0, 0.05) is 6.04 Å². The van der Waals surface area contributed by atoms with Crippen LogP contribution >= 0.6 is 11.3 Å². The number of hydrogen-bond donors (Lipinski definition) is 1. The topological polar surface area (TPSA) is 29.1 Å². The zero-order valence-corrected chi connectivity index (χ0v) is 8.27. The minimum absolute atomic E-state index is 0.0990. The Labute approximate surface area is 82.0 Å². The molecule has 0 aromatic carbocycles. The lowest BCUT2D eigenvalue weighted by atomic mass is 10.2. The molecule has 70 valence electrons. The van der Waals surface area contributed by atoms with Crippen molar-refractivity contribution in [3.63, 3.8) is 0 Å². The average molecular weight is 195 g/mol. The lowest BCUT2D eigenvalue weighted by molar-refractivity contribution is 0.0942. The minimum atomic E-state index is 0.0990. The number of thiophene rings is 1. The van der Waals surface area contributed by atoms with Gasteiger partial charge < -0.3 is 5.32 Å². The zero-order valence-electron chi connectivity index (χ0n) is 7.45. The Bertz CT molecular complexity index is 275. The lowest BCUT2D eigenvalue weighted by Gasteiger charge is -2.10. The third-order valence-corrected chi connectivity index (χ3v) is 3.30. The monoisotopic (exact) mass is 195 g/mol. The van der Waals surface area contributed by atoms with E-state index in [9.17, 15) is 4.79 Å². The first-order chi connectivity index (χ1) is 6.36. The van der Waals surface area contributed by atoms with Crippen LogP contribution in [0.3, 0.4) is 0 Å².